The number of anilines is 1. The number of hydrogen-bond donors (Lipinski definition) is 2. The highest BCUT2D eigenvalue weighted by Gasteiger charge is 2.71. The lowest BCUT2D eigenvalue weighted by atomic mass is 9.81. The maximum absolute atomic E-state index is 13.1. The summed E-state index contributed by atoms with van der Waals surface area (Å²) in [7, 11) is 0. The summed E-state index contributed by atoms with van der Waals surface area (Å²) < 4.78 is 0. The largest absolute Gasteiger partial charge is 0.365 e. The third-order valence-electron chi connectivity index (χ3n) is 6.46. The Bertz CT molecular complexity index is 1000. The molecule has 3 fully saturated rings. The first kappa shape index (κ1) is 16.3. The second-order valence-electron chi connectivity index (χ2n) is 7.54. The molecule has 0 aromatic heterocycles. The number of aliphatic hydroxyl groups is 2. The summed E-state index contributed by atoms with van der Waals surface area (Å²) in [6.07, 6.45) is 0.986. The minimum atomic E-state index is -1.98. The number of hydrogen-bond acceptors (Lipinski definition) is 6. The van der Waals surface area contributed by atoms with E-state index < -0.39 is 46.2 Å². The van der Waals surface area contributed by atoms with Crippen LogP contribution in [0.4, 0.5) is 11.4 Å². The van der Waals surface area contributed by atoms with E-state index in [0.717, 1.165) is 4.90 Å². The zero-order valence-electron chi connectivity index (χ0n) is 14.1. The summed E-state index contributed by atoms with van der Waals surface area (Å²) in [5.74, 6) is -5.70. The monoisotopic (exact) mass is 368 g/mol. The fourth-order valence-electron chi connectivity index (χ4n) is 5.36. The number of imide groups is 1. The molecule has 138 valence electrons. The van der Waals surface area contributed by atoms with E-state index >= 15 is 0 Å². The van der Waals surface area contributed by atoms with E-state index in [2.05, 4.69) is 0 Å². The molecule has 0 spiro atoms. The molecule has 2 N–H and O–H groups in total. The molecule has 2 aromatic rings. The Hall–Kier alpha value is -2.84. The molecule has 1 saturated heterocycles. The minimum absolute atomic E-state index is 0.0987. The number of carbonyl (C=O) groups excluding carboxylic acids is 2. The first-order valence-electron chi connectivity index (χ1n) is 8.82. The topological polar surface area (TPSA) is 121 Å². The Balaban J connectivity index is 1.66. The van der Waals surface area contributed by atoms with Crippen molar-refractivity contribution < 1.29 is 24.7 Å². The molecule has 2 saturated carbocycles. The average molecular weight is 368 g/mol. The van der Waals surface area contributed by atoms with Crippen molar-refractivity contribution in [1.82, 2.24) is 0 Å². The van der Waals surface area contributed by atoms with Gasteiger partial charge in [0.05, 0.1) is 27.8 Å². The molecule has 4 atom stereocenters. The lowest BCUT2D eigenvalue weighted by molar-refractivity contribution is -0.383. The number of fused-ring (bicyclic) bond motifs is 6. The lowest BCUT2D eigenvalue weighted by Gasteiger charge is -2.26. The molecule has 3 aliphatic rings. The smallest absolute Gasteiger partial charge is 0.277 e. The van der Waals surface area contributed by atoms with Crippen LogP contribution in [0, 0.1) is 33.8 Å². The highest BCUT2D eigenvalue weighted by atomic mass is 16.6. The van der Waals surface area contributed by atoms with Crippen molar-refractivity contribution in [3.8, 4) is 0 Å². The normalized spacial score (nSPS) is 31.0. The second kappa shape index (κ2) is 5.11. The lowest BCUT2D eigenvalue weighted by Crippen LogP contribution is -2.42. The van der Waals surface area contributed by atoms with Gasteiger partial charge < -0.3 is 10.2 Å². The molecular formula is C19H16N2O6. The SMILES string of the molecule is O=C1[C@@H]2C3CCC([C@@H]2C(=O)N1c1ccc([N+](=O)[O-])c2ccccc12)C3(O)O. The number of non-ortho nitro benzene ring substituents is 1. The molecule has 2 aromatic carbocycles. The van der Waals surface area contributed by atoms with Gasteiger partial charge in [-0.2, -0.15) is 0 Å². The molecule has 1 heterocycles. The van der Waals surface area contributed by atoms with Crippen LogP contribution in [0.5, 0.6) is 0 Å². The van der Waals surface area contributed by atoms with Gasteiger partial charge in [-0.3, -0.25) is 19.7 Å². The Morgan fingerprint density at radius 2 is 1.52 bits per heavy atom. The molecule has 1 aliphatic heterocycles. The van der Waals surface area contributed by atoms with E-state index in [1.165, 1.54) is 12.1 Å². The number of nitro benzene ring substituents is 1. The molecule has 8 heteroatoms. The highest BCUT2D eigenvalue weighted by Crippen LogP contribution is 2.61. The molecule has 2 amide bonds. The highest BCUT2D eigenvalue weighted by molar-refractivity contribution is 6.26. The number of nitrogens with zero attached hydrogens (tertiary/aromatic N) is 2. The predicted octanol–water partition coefficient (Wildman–Crippen LogP) is 1.57. The van der Waals surface area contributed by atoms with Gasteiger partial charge in [-0.25, -0.2) is 4.90 Å². The van der Waals surface area contributed by atoms with Crippen LogP contribution in [0.1, 0.15) is 12.8 Å². The third kappa shape index (κ3) is 1.89. The van der Waals surface area contributed by atoms with Gasteiger partial charge in [0.2, 0.25) is 11.8 Å². The number of nitro groups is 1. The van der Waals surface area contributed by atoms with Crippen molar-refractivity contribution in [3.63, 3.8) is 0 Å². The number of rotatable bonds is 2. The Morgan fingerprint density at radius 1 is 0.963 bits per heavy atom. The summed E-state index contributed by atoms with van der Waals surface area (Å²) >= 11 is 0. The number of amides is 2. The molecule has 8 nitrogen and oxygen atoms in total. The van der Waals surface area contributed by atoms with Crippen molar-refractivity contribution >= 4 is 34.0 Å². The van der Waals surface area contributed by atoms with Gasteiger partial charge in [0.15, 0.2) is 5.79 Å². The van der Waals surface area contributed by atoms with Gasteiger partial charge in [-0.1, -0.05) is 18.2 Å². The van der Waals surface area contributed by atoms with Crippen molar-refractivity contribution in [2.24, 2.45) is 23.7 Å². The number of carbonyl (C=O) groups is 2. The maximum Gasteiger partial charge on any atom is 0.277 e. The standard InChI is InChI=1S/C19H16N2O6/c22-17-15-11-5-6-12(19(11,24)25)16(15)18(23)20(17)13-7-8-14(21(26)27)10-4-2-1-3-9(10)13/h1-4,7-8,11-12,15-16,24-25H,5-6H2/t11?,12?,15-,16+. The van der Waals surface area contributed by atoms with Crippen LogP contribution in [0.3, 0.4) is 0 Å². The molecule has 0 radical (unpaired) electrons. The first-order valence-corrected chi connectivity index (χ1v) is 8.82. The van der Waals surface area contributed by atoms with Crippen LogP contribution in [-0.2, 0) is 9.59 Å². The van der Waals surface area contributed by atoms with E-state index in [0.29, 0.717) is 29.3 Å². The van der Waals surface area contributed by atoms with E-state index in [4.69, 9.17) is 0 Å². The summed E-state index contributed by atoms with van der Waals surface area (Å²) in [6, 6.07) is 9.29. The van der Waals surface area contributed by atoms with E-state index in [1.807, 2.05) is 0 Å². The van der Waals surface area contributed by atoms with Crippen LogP contribution in [0.2, 0.25) is 0 Å². The molecular weight excluding hydrogens is 352 g/mol. The zero-order valence-corrected chi connectivity index (χ0v) is 14.1. The van der Waals surface area contributed by atoms with Crippen LogP contribution in [0.25, 0.3) is 10.8 Å². The predicted molar refractivity (Wildman–Crippen MR) is 93.5 cm³/mol. The molecule has 2 bridgehead atoms. The molecule has 2 unspecified atom stereocenters. The molecule has 5 rings (SSSR count). The van der Waals surface area contributed by atoms with Gasteiger partial charge >= 0.3 is 0 Å². The Labute approximate surface area is 153 Å². The van der Waals surface area contributed by atoms with Crippen LogP contribution in [-0.4, -0.2) is 32.7 Å². The van der Waals surface area contributed by atoms with Gasteiger partial charge in [0.1, 0.15) is 0 Å². The van der Waals surface area contributed by atoms with Gasteiger partial charge in [0, 0.05) is 23.3 Å². The second-order valence-corrected chi connectivity index (χ2v) is 7.54. The average Bonchev–Trinajstić information content (AvgIpc) is 3.17. The number of benzene rings is 2. The minimum Gasteiger partial charge on any atom is -0.365 e. The van der Waals surface area contributed by atoms with E-state index in [9.17, 15) is 29.9 Å². The van der Waals surface area contributed by atoms with Crippen LogP contribution in [0.15, 0.2) is 36.4 Å². The van der Waals surface area contributed by atoms with Crippen molar-refractivity contribution in [1.29, 1.82) is 0 Å². The van der Waals surface area contributed by atoms with Gasteiger partial charge in [0.25, 0.3) is 5.69 Å². The van der Waals surface area contributed by atoms with Crippen LogP contribution < -0.4 is 4.90 Å². The van der Waals surface area contributed by atoms with Gasteiger partial charge in [-0.05, 0) is 25.0 Å². The van der Waals surface area contributed by atoms with Crippen molar-refractivity contribution in [2.75, 3.05) is 4.90 Å². The summed E-state index contributed by atoms with van der Waals surface area (Å²) in [5.41, 5.74) is 0.208. The maximum atomic E-state index is 13.1. The van der Waals surface area contributed by atoms with Gasteiger partial charge in [-0.15, -0.1) is 0 Å². The third-order valence-corrected chi connectivity index (χ3v) is 6.46. The molecule has 27 heavy (non-hydrogen) atoms. The summed E-state index contributed by atoms with van der Waals surface area (Å²) in [4.78, 5) is 38.1. The first-order chi connectivity index (χ1) is 12.8. The fourth-order valence-corrected chi connectivity index (χ4v) is 5.36. The Morgan fingerprint density at radius 3 is 2.07 bits per heavy atom. The van der Waals surface area contributed by atoms with Crippen LogP contribution >= 0.6 is 0 Å². The summed E-state index contributed by atoms with van der Waals surface area (Å²) in [5, 5.41) is 32.7. The zero-order chi connectivity index (χ0) is 19.1. The van der Waals surface area contributed by atoms with Crippen molar-refractivity contribution in [2.45, 2.75) is 18.6 Å². The van der Waals surface area contributed by atoms with Crippen molar-refractivity contribution in [3.05, 3.63) is 46.5 Å². The van der Waals surface area contributed by atoms with E-state index in [-0.39, 0.29) is 5.69 Å². The fraction of sp³-hybridized carbons (Fsp3) is 0.368. The quantitative estimate of drug-likeness (QED) is 0.359. The Kier molecular flexibility index (Phi) is 3.10. The van der Waals surface area contributed by atoms with E-state index in [1.54, 1.807) is 24.3 Å². The molecule has 2 aliphatic carbocycles. The summed E-state index contributed by atoms with van der Waals surface area (Å²) in [6.45, 7) is 0.